The highest BCUT2D eigenvalue weighted by Crippen LogP contribution is 2.26. The average molecular weight is 257 g/mol. The van der Waals surface area contributed by atoms with E-state index in [0.717, 1.165) is 6.07 Å². The minimum absolute atomic E-state index is 0.153. The minimum Gasteiger partial charge on any atom is -0.376 e. The Hall–Kier alpha value is -1.00. The number of nitrogens with one attached hydrogen (secondary N) is 1. The van der Waals surface area contributed by atoms with Crippen molar-refractivity contribution in [2.75, 3.05) is 13.7 Å². The number of rotatable bonds is 6. The fourth-order valence-corrected chi connectivity index (χ4v) is 2.12. The Bertz CT molecular complexity index is 382. The summed E-state index contributed by atoms with van der Waals surface area (Å²) in [7, 11) is 1.75. The molecule has 2 unspecified atom stereocenters. The Labute approximate surface area is 107 Å². The molecule has 0 bridgehead atoms. The van der Waals surface area contributed by atoms with Gasteiger partial charge < -0.3 is 10.1 Å². The Balaban J connectivity index is 3.06. The molecule has 0 aliphatic carbocycles. The molecule has 2 atom stereocenters. The molecule has 0 amide bonds. The number of likely N-dealkylation sites (N-methyl/N-ethyl adjacent to an activating group) is 1. The normalized spacial score (nSPS) is 14.8. The van der Waals surface area contributed by atoms with E-state index in [9.17, 15) is 8.78 Å². The second-order valence-corrected chi connectivity index (χ2v) is 4.60. The van der Waals surface area contributed by atoms with Crippen LogP contribution in [0.2, 0.25) is 0 Å². The molecule has 0 aromatic heterocycles. The summed E-state index contributed by atoms with van der Waals surface area (Å²) >= 11 is 0. The van der Waals surface area contributed by atoms with Gasteiger partial charge in [-0.3, -0.25) is 0 Å². The molecule has 0 saturated heterocycles. The number of ether oxygens (including phenoxy) is 1. The summed E-state index contributed by atoms with van der Waals surface area (Å²) < 4.78 is 32.4. The Morgan fingerprint density at radius 1 is 1.28 bits per heavy atom. The van der Waals surface area contributed by atoms with Gasteiger partial charge in [0.25, 0.3) is 0 Å². The van der Waals surface area contributed by atoms with Crippen LogP contribution in [0, 0.1) is 17.6 Å². The maximum Gasteiger partial charge on any atom is 0.130 e. The van der Waals surface area contributed by atoms with Crippen molar-refractivity contribution in [3.8, 4) is 0 Å². The average Bonchev–Trinajstić information content (AvgIpc) is 2.31. The van der Waals surface area contributed by atoms with Crippen molar-refractivity contribution in [2.24, 2.45) is 5.92 Å². The van der Waals surface area contributed by atoms with Crippen molar-refractivity contribution in [1.82, 2.24) is 5.32 Å². The van der Waals surface area contributed by atoms with Crippen molar-refractivity contribution in [2.45, 2.75) is 32.9 Å². The Morgan fingerprint density at radius 3 is 2.39 bits per heavy atom. The highest BCUT2D eigenvalue weighted by atomic mass is 19.1. The topological polar surface area (TPSA) is 21.3 Å². The molecule has 1 N–H and O–H groups in total. The molecule has 0 heterocycles. The van der Waals surface area contributed by atoms with Gasteiger partial charge in [-0.05, 0) is 26.0 Å². The van der Waals surface area contributed by atoms with E-state index in [4.69, 9.17) is 4.74 Å². The van der Waals surface area contributed by atoms with E-state index in [1.54, 1.807) is 7.05 Å². The first kappa shape index (κ1) is 15.1. The van der Waals surface area contributed by atoms with Crippen LogP contribution in [0.25, 0.3) is 0 Å². The summed E-state index contributed by atoms with van der Waals surface area (Å²) in [5.74, 6) is -0.879. The van der Waals surface area contributed by atoms with Crippen molar-refractivity contribution in [1.29, 1.82) is 0 Å². The van der Waals surface area contributed by atoms with Gasteiger partial charge in [-0.25, -0.2) is 8.78 Å². The van der Waals surface area contributed by atoms with Crippen molar-refractivity contribution < 1.29 is 13.5 Å². The summed E-state index contributed by atoms with van der Waals surface area (Å²) in [6.07, 6.45) is -0.153. The van der Waals surface area contributed by atoms with Crippen LogP contribution in [-0.2, 0) is 4.74 Å². The van der Waals surface area contributed by atoms with Gasteiger partial charge in [0.15, 0.2) is 0 Å². The highest BCUT2D eigenvalue weighted by Gasteiger charge is 2.27. The van der Waals surface area contributed by atoms with Crippen LogP contribution < -0.4 is 5.32 Å². The standard InChI is InChI=1S/C14H21F2NO/c1-5-18-14(9(2)3)13(17-4)11-7-6-10(15)8-12(11)16/h6-9,13-14,17H,5H2,1-4H3. The smallest absolute Gasteiger partial charge is 0.130 e. The van der Waals surface area contributed by atoms with Crippen LogP contribution in [0.3, 0.4) is 0 Å². The summed E-state index contributed by atoms with van der Waals surface area (Å²) in [5.41, 5.74) is 0.436. The van der Waals surface area contributed by atoms with Gasteiger partial charge in [0.05, 0.1) is 12.1 Å². The fourth-order valence-electron chi connectivity index (χ4n) is 2.12. The predicted molar refractivity (Wildman–Crippen MR) is 68.4 cm³/mol. The van der Waals surface area contributed by atoms with Crippen LogP contribution >= 0.6 is 0 Å². The molecule has 1 rings (SSSR count). The van der Waals surface area contributed by atoms with E-state index in [1.807, 2.05) is 20.8 Å². The maximum absolute atomic E-state index is 13.8. The van der Waals surface area contributed by atoms with Gasteiger partial charge in [0.2, 0.25) is 0 Å². The van der Waals surface area contributed by atoms with Gasteiger partial charge in [0, 0.05) is 18.2 Å². The number of hydrogen-bond donors (Lipinski definition) is 1. The van der Waals surface area contributed by atoms with Gasteiger partial charge in [0.1, 0.15) is 11.6 Å². The molecule has 0 radical (unpaired) electrons. The molecule has 0 aliphatic rings. The lowest BCUT2D eigenvalue weighted by atomic mass is 9.93. The monoisotopic (exact) mass is 257 g/mol. The number of benzene rings is 1. The van der Waals surface area contributed by atoms with E-state index < -0.39 is 11.6 Å². The summed E-state index contributed by atoms with van der Waals surface area (Å²) in [4.78, 5) is 0. The SMILES string of the molecule is CCOC(C(C)C)C(NC)c1ccc(F)cc1F. The molecule has 0 spiro atoms. The van der Waals surface area contributed by atoms with E-state index in [1.165, 1.54) is 12.1 Å². The molecule has 102 valence electrons. The van der Waals surface area contributed by atoms with Gasteiger partial charge in [-0.1, -0.05) is 19.9 Å². The first-order valence-electron chi connectivity index (χ1n) is 6.25. The predicted octanol–water partition coefficient (Wildman–Crippen LogP) is 3.29. The first-order chi connectivity index (χ1) is 8.51. The number of hydrogen-bond acceptors (Lipinski definition) is 2. The third-order valence-corrected chi connectivity index (χ3v) is 2.95. The molecule has 18 heavy (non-hydrogen) atoms. The van der Waals surface area contributed by atoms with E-state index >= 15 is 0 Å². The van der Waals surface area contributed by atoms with Crippen LogP contribution in [0.4, 0.5) is 8.78 Å². The van der Waals surface area contributed by atoms with Crippen molar-refractivity contribution >= 4 is 0 Å². The van der Waals surface area contributed by atoms with E-state index in [0.29, 0.717) is 12.2 Å². The van der Waals surface area contributed by atoms with Crippen LogP contribution in [0.5, 0.6) is 0 Å². The van der Waals surface area contributed by atoms with Crippen LogP contribution in [0.15, 0.2) is 18.2 Å². The fraction of sp³-hybridized carbons (Fsp3) is 0.571. The molecule has 0 saturated carbocycles. The first-order valence-corrected chi connectivity index (χ1v) is 6.25. The van der Waals surface area contributed by atoms with Crippen LogP contribution in [0.1, 0.15) is 32.4 Å². The Kier molecular flexibility index (Phi) is 5.69. The number of halogens is 2. The van der Waals surface area contributed by atoms with Crippen molar-refractivity contribution in [3.63, 3.8) is 0 Å². The third-order valence-electron chi connectivity index (χ3n) is 2.95. The molecule has 4 heteroatoms. The lowest BCUT2D eigenvalue weighted by Crippen LogP contribution is -2.36. The summed E-state index contributed by atoms with van der Waals surface area (Å²) in [6.45, 7) is 6.51. The molecule has 2 nitrogen and oxygen atoms in total. The van der Waals surface area contributed by atoms with E-state index in [2.05, 4.69) is 5.32 Å². The summed E-state index contributed by atoms with van der Waals surface area (Å²) in [5, 5.41) is 3.06. The second-order valence-electron chi connectivity index (χ2n) is 4.60. The molecule has 0 aliphatic heterocycles. The maximum atomic E-state index is 13.8. The highest BCUT2D eigenvalue weighted by molar-refractivity contribution is 5.23. The minimum atomic E-state index is -0.566. The van der Waals surface area contributed by atoms with Gasteiger partial charge in [-0.2, -0.15) is 0 Å². The van der Waals surface area contributed by atoms with Gasteiger partial charge in [-0.15, -0.1) is 0 Å². The molecule has 1 aromatic rings. The zero-order valence-corrected chi connectivity index (χ0v) is 11.3. The summed E-state index contributed by atoms with van der Waals surface area (Å²) in [6, 6.07) is 3.36. The zero-order chi connectivity index (χ0) is 13.7. The molecular formula is C14H21F2NO. The zero-order valence-electron chi connectivity index (χ0n) is 11.3. The third kappa shape index (κ3) is 3.50. The molecule has 1 aromatic carbocycles. The quantitative estimate of drug-likeness (QED) is 0.844. The van der Waals surface area contributed by atoms with E-state index in [-0.39, 0.29) is 18.1 Å². The van der Waals surface area contributed by atoms with Crippen LogP contribution in [-0.4, -0.2) is 19.8 Å². The largest absolute Gasteiger partial charge is 0.376 e. The lowest BCUT2D eigenvalue weighted by Gasteiger charge is -2.30. The molecular weight excluding hydrogens is 236 g/mol. The molecule has 0 fully saturated rings. The lowest BCUT2D eigenvalue weighted by molar-refractivity contribution is 0.00378. The van der Waals surface area contributed by atoms with Gasteiger partial charge >= 0.3 is 0 Å². The van der Waals surface area contributed by atoms with Crippen molar-refractivity contribution in [3.05, 3.63) is 35.4 Å². The Morgan fingerprint density at radius 2 is 1.94 bits per heavy atom. The second kappa shape index (κ2) is 6.81.